The summed E-state index contributed by atoms with van der Waals surface area (Å²) in [7, 11) is 1.70. The SMILES string of the molecule is COc1ccccc1-n1nc(CN(CC(C)C)C(=O)CC(C)(C)C)c2c1CCN(Cc1ccccc1)C2. The molecular weight excluding hydrogens is 460 g/mol. The van der Waals surface area contributed by atoms with Gasteiger partial charge in [0.05, 0.1) is 25.0 Å². The quantitative estimate of drug-likeness (QED) is 0.368. The minimum atomic E-state index is -0.0605. The fraction of sp³-hybridized carbons (Fsp3) is 0.484. The van der Waals surface area contributed by atoms with Crippen molar-refractivity contribution in [3.8, 4) is 11.4 Å². The van der Waals surface area contributed by atoms with Gasteiger partial charge in [-0.2, -0.15) is 5.10 Å². The van der Waals surface area contributed by atoms with Crippen molar-refractivity contribution in [1.82, 2.24) is 19.6 Å². The standard InChI is InChI=1S/C31H42N4O2/c1-23(2)19-34(30(36)18-31(3,4)5)22-26-25-21-33(20-24-12-8-7-9-13-24)17-16-27(25)35(32-26)28-14-10-11-15-29(28)37-6/h7-15,23H,16-22H2,1-6H3. The molecule has 6 heteroatoms. The highest BCUT2D eigenvalue weighted by molar-refractivity contribution is 5.76. The fourth-order valence-corrected chi connectivity index (χ4v) is 5.09. The Labute approximate surface area is 222 Å². The third kappa shape index (κ3) is 6.80. The summed E-state index contributed by atoms with van der Waals surface area (Å²) < 4.78 is 7.75. The summed E-state index contributed by atoms with van der Waals surface area (Å²) in [6, 6.07) is 18.7. The highest BCUT2D eigenvalue weighted by Crippen LogP contribution is 2.31. The number of methoxy groups -OCH3 is 1. The molecule has 2 heterocycles. The summed E-state index contributed by atoms with van der Waals surface area (Å²) in [6.45, 7) is 14.6. The Morgan fingerprint density at radius 3 is 2.46 bits per heavy atom. The van der Waals surface area contributed by atoms with E-state index in [9.17, 15) is 4.79 Å². The van der Waals surface area contributed by atoms with Gasteiger partial charge in [-0.05, 0) is 29.0 Å². The van der Waals surface area contributed by atoms with Crippen LogP contribution in [0.1, 0.15) is 63.6 Å². The summed E-state index contributed by atoms with van der Waals surface area (Å²) >= 11 is 0. The number of aromatic nitrogens is 2. The van der Waals surface area contributed by atoms with Crippen molar-refractivity contribution in [2.24, 2.45) is 11.3 Å². The van der Waals surface area contributed by atoms with Gasteiger partial charge < -0.3 is 9.64 Å². The zero-order valence-electron chi connectivity index (χ0n) is 23.3. The Morgan fingerprint density at radius 2 is 1.78 bits per heavy atom. The van der Waals surface area contributed by atoms with E-state index in [4.69, 9.17) is 9.84 Å². The largest absolute Gasteiger partial charge is 0.494 e. The number of amides is 1. The van der Waals surface area contributed by atoms with E-state index in [1.165, 1.54) is 16.8 Å². The van der Waals surface area contributed by atoms with Crippen LogP contribution >= 0.6 is 0 Å². The van der Waals surface area contributed by atoms with E-state index in [2.05, 4.69) is 80.6 Å². The molecule has 0 saturated heterocycles. The number of ether oxygens (including phenoxy) is 1. The first-order chi connectivity index (χ1) is 17.6. The van der Waals surface area contributed by atoms with E-state index >= 15 is 0 Å². The molecule has 0 spiro atoms. The number of nitrogens with zero attached hydrogens (tertiary/aromatic N) is 4. The Hall–Kier alpha value is -3.12. The van der Waals surface area contributed by atoms with Crippen LogP contribution in [0.5, 0.6) is 5.75 Å². The summed E-state index contributed by atoms with van der Waals surface area (Å²) in [5.41, 5.74) is 5.64. The van der Waals surface area contributed by atoms with Gasteiger partial charge in [0.25, 0.3) is 0 Å². The van der Waals surface area contributed by atoms with Gasteiger partial charge >= 0.3 is 0 Å². The second kappa shape index (κ2) is 11.5. The van der Waals surface area contributed by atoms with Crippen LogP contribution in [0.2, 0.25) is 0 Å². The van der Waals surface area contributed by atoms with Crippen LogP contribution in [0, 0.1) is 11.3 Å². The van der Waals surface area contributed by atoms with Crippen LogP contribution in [-0.2, 0) is 30.8 Å². The van der Waals surface area contributed by atoms with E-state index in [0.717, 1.165) is 49.7 Å². The van der Waals surface area contributed by atoms with E-state index in [1.807, 2.05) is 23.1 Å². The normalized spacial score (nSPS) is 14.0. The van der Waals surface area contributed by atoms with Crippen LogP contribution in [0.25, 0.3) is 5.69 Å². The van der Waals surface area contributed by atoms with Crippen molar-refractivity contribution < 1.29 is 9.53 Å². The Balaban J connectivity index is 1.71. The van der Waals surface area contributed by atoms with Crippen LogP contribution in [0.15, 0.2) is 54.6 Å². The number of para-hydroxylation sites is 2. The molecule has 0 saturated carbocycles. The second-order valence-electron chi connectivity index (χ2n) is 11.8. The lowest BCUT2D eigenvalue weighted by molar-refractivity contribution is -0.134. The first-order valence-electron chi connectivity index (χ1n) is 13.4. The summed E-state index contributed by atoms with van der Waals surface area (Å²) in [4.78, 5) is 17.9. The Bertz CT molecular complexity index is 1190. The molecular formula is C31H42N4O2. The smallest absolute Gasteiger partial charge is 0.223 e. The van der Waals surface area contributed by atoms with Crippen molar-refractivity contribution in [1.29, 1.82) is 0 Å². The number of hydrogen-bond donors (Lipinski definition) is 0. The summed E-state index contributed by atoms with van der Waals surface area (Å²) in [5.74, 6) is 1.37. The molecule has 1 amide bonds. The van der Waals surface area contributed by atoms with Crippen LogP contribution in [-0.4, -0.2) is 45.7 Å². The topological polar surface area (TPSA) is 50.6 Å². The number of hydrogen-bond acceptors (Lipinski definition) is 4. The molecule has 198 valence electrons. The van der Waals surface area contributed by atoms with Crippen molar-refractivity contribution >= 4 is 5.91 Å². The summed E-state index contributed by atoms with van der Waals surface area (Å²) in [5, 5.41) is 5.15. The van der Waals surface area contributed by atoms with Crippen molar-refractivity contribution in [2.45, 2.75) is 67.1 Å². The van der Waals surface area contributed by atoms with Gasteiger partial charge in [0.2, 0.25) is 5.91 Å². The average molecular weight is 503 g/mol. The highest BCUT2D eigenvalue weighted by atomic mass is 16.5. The van der Waals surface area contributed by atoms with Gasteiger partial charge in [-0.3, -0.25) is 9.69 Å². The summed E-state index contributed by atoms with van der Waals surface area (Å²) in [6.07, 6.45) is 1.42. The molecule has 4 rings (SSSR count). The van der Waals surface area contributed by atoms with Crippen molar-refractivity contribution in [3.05, 3.63) is 77.1 Å². The maximum Gasteiger partial charge on any atom is 0.223 e. The average Bonchev–Trinajstić information content (AvgIpc) is 3.20. The Morgan fingerprint density at radius 1 is 1.08 bits per heavy atom. The Kier molecular flexibility index (Phi) is 8.38. The first kappa shape index (κ1) is 26.9. The molecule has 0 unspecified atom stereocenters. The fourth-order valence-electron chi connectivity index (χ4n) is 5.09. The molecule has 0 N–H and O–H groups in total. The third-order valence-electron chi connectivity index (χ3n) is 6.74. The minimum absolute atomic E-state index is 0.0605. The number of carbonyl (C=O) groups is 1. The maximum atomic E-state index is 13.4. The molecule has 0 fully saturated rings. The molecule has 0 radical (unpaired) electrons. The third-order valence-corrected chi connectivity index (χ3v) is 6.74. The molecule has 1 aliphatic rings. The van der Waals surface area contributed by atoms with Crippen molar-refractivity contribution in [2.75, 3.05) is 20.2 Å². The van der Waals surface area contributed by atoms with Gasteiger partial charge in [0, 0.05) is 44.6 Å². The maximum absolute atomic E-state index is 13.4. The van der Waals surface area contributed by atoms with Crippen molar-refractivity contribution in [3.63, 3.8) is 0 Å². The van der Waals surface area contributed by atoms with E-state index in [1.54, 1.807) is 7.11 Å². The number of fused-ring (bicyclic) bond motifs is 1. The van der Waals surface area contributed by atoms with Crippen LogP contribution < -0.4 is 4.74 Å². The lowest BCUT2D eigenvalue weighted by Crippen LogP contribution is -2.36. The number of rotatable bonds is 9. The second-order valence-corrected chi connectivity index (χ2v) is 11.8. The van der Waals surface area contributed by atoms with Gasteiger partial charge in [-0.15, -0.1) is 0 Å². The van der Waals surface area contributed by atoms with E-state index < -0.39 is 0 Å². The lowest BCUT2D eigenvalue weighted by atomic mass is 9.91. The van der Waals surface area contributed by atoms with Crippen LogP contribution in [0.4, 0.5) is 0 Å². The number of carbonyl (C=O) groups excluding carboxylic acids is 1. The highest BCUT2D eigenvalue weighted by Gasteiger charge is 2.29. The number of benzene rings is 2. The molecule has 0 aliphatic carbocycles. The van der Waals surface area contributed by atoms with Gasteiger partial charge in [-0.25, -0.2) is 4.68 Å². The molecule has 1 aliphatic heterocycles. The molecule has 0 bridgehead atoms. The predicted molar refractivity (Wildman–Crippen MR) is 149 cm³/mol. The first-order valence-corrected chi connectivity index (χ1v) is 13.4. The zero-order valence-corrected chi connectivity index (χ0v) is 23.3. The van der Waals surface area contributed by atoms with Crippen LogP contribution in [0.3, 0.4) is 0 Å². The minimum Gasteiger partial charge on any atom is -0.494 e. The molecule has 2 aromatic carbocycles. The van der Waals surface area contributed by atoms with Gasteiger partial charge in [-0.1, -0.05) is 77.1 Å². The predicted octanol–water partition coefficient (Wildman–Crippen LogP) is 5.86. The monoisotopic (exact) mass is 502 g/mol. The van der Waals surface area contributed by atoms with E-state index in [-0.39, 0.29) is 11.3 Å². The molecule has 0 atom stereocenters. The lowest BCUT2D eigenvalue weighted by Gasteiger charge is -2.30. The van der Waals surface area contributed by atoms with E-state index in [0.29, 0.717) is 18.9 Å². The zero-order chi connectivity index (χ0) is 26.6. The van der Waals surface area contributed by atoms with Gasteiger partial charge in [0.15, 0.2) is 0 Å². The molecule has 6 nitrogen and oxygen atoms in total. The molecule has 1 aromatic heterocycles. The molecule has 37 heavy (non-hydrogen) atoms. The molecule has 3 aromatic rings. The van der Waals surface area contributed by atoms with Gasteiger partial charge in [0.1, 0.15) is 11.4 Å².